The van der Waals surface area contributed by atoms with Gasteiger partial charge in [0.1, 0.15) is 11.5 Å². The third-order valence-corrected chi connectivity index (χ3v) is 5.28. The van der Waals surface area contributed by atoms with Crippen LogP contribution in [-0.2, 0) is 0 Å². The van der Waals surface area contributed by atoms with Crippen LogP contribution in [0, 0.1) is 12.7 Å². The Kier molecular flexibility index (Phi) is 6.26. The molecule has 1 unspecified atom stereocenters. The molecule has 4 rings (SSSR count). The molecule has 0 radical (unpaired) electrons. The molecule has 33 heavy (non-hydrogen) atoms. The van der Waals surface area contributed by atoms with Crippen molar-refractivity contribution < 1.29 is 9.18 Å². The molecule has 7 nitrogen and oxygen atoms in total. The van der Waals surface area contributed by atoms with Gasteiger partial charge >= 0.3 is 0 Å². The summed E-state index contributed by atoms with van der Waals surface area (Å²) in [5.41, 5.74) is 4.03. The lowest BCUT2D eigenvalue weighted by Crippen LogP contribution is -2.27. The first-order chi connectivity index (χ1) is 15.8. The molecule has 1 amide bonds. The number of pyridine rings is 1. The SMILES string of the molecule is Cc1cnc(-c2cc(C(=O)NC(C)c3cnccn3)cc(-c3ccnn3C(C)C)c2)c(F)c1. The van der Waals surface area contributed by atoms with E-state index in [1.165, 1.54) is 6.07 Å². The first-order valence-electron chi connectivity index (χ1n) is 10.7. The van der Waals surface area contributed by atoms with Gasteiger partial charge in [-0.15, -0.1) is 0 Å². The molecule has 1 aromatic carbocycles. The highest BCUT2D eigenvalue weighted by atomic mass is 19.1. The van der Waals surface area contributed by atoms with Crippen molar-refractivity contribution in [2.75, 3.05) is 0 Å². The standard InChI is InChI=1S/C25H25FN6O/c1-15(2)32-23(5-6-30-32)18-10-19(24-21(26)9-16(3)13-29-24)12-20(11-18)25(33)31-17(4)22-14-27-7-8-28-22/h5-15,17H,1-4H3,(H,31,33). The van der Waals surface area contributed by atoms with Gasteiger partial charge in [0.05, 0.1) is 23.6 Å². The predicted molar refractivity (Wildman–Crippen MR) is 124 cm³/mol. The summed E-state index contributed by atoms with van der Waals surface area (Å²) in [7, 11) is 0. The summed E-state index contributed by atoms with van der Waals surface area (Å²) < 4.78 is 16.6. The van der Waals surface area contributed by atoms with Crippen molar-refractivity contribution in [2.45, 2.75) is 39.8 Å². The third-order valence-electron chi connectivity index (χ3n) is 5.28. The van der Waals surface area contributed by atoms with E-state index in [4.69, 9.17) is 0 Å². The topological polar surface area (TPSA) is 85.6 Å². The van der Waals surface area contributed by atoms with E-state index in [1.54, 1.807) is 50.0 Å². The molecule has 0 saturated carbocycles. The molecule has 0 aliphatic heterocycles. The largest absolute Gasteiger partial charge is 0.344 e. The molecule has 0 fully saturated rings. The van der Waals surface area contributed by atoms with E-state index in [2.05, 4.69) is 25.4 Å². The number of hydrogen-bond donors (Lipinski definition) is 1. The first-order valence-corrected chi connectivity index (χ1v) is 10.7. The number of nitrogens with zero attached hydrogens (tertiary/aromatic N) is 5. The molecule has 0 saturated heterocycles. The summed E-state index contributed by atoms with van der Waals surface area (Å²) in [6.07, 6.45) is 8.09. The zero-order valence-corrected chi connectivity index (χ0v) is 19.0. The minimum Gasteiger partial charge on any atom is -0.344 e. The number of aryl methyl sites for hydroxylation is 1. The second-order valence-corrected chi connectivity index (χ2v) is 8.22. The van der Waals surface area contributed by atoms with Gasteiger partial charge in [-0.2, -0.15) is 5.10 Å². The van der Waals surface area contributed by atoms with Crippen LogP contribution in [0.3, 0.4) is 0 Å². The van der Waals surface area contributed by atoms with Crippen molar-refractivity contribution in [1.29, 1.82) is 0 Å². The molecule has 8 heteroatoms. The lowest BCUT2D eigenvalue weighted by molar-refractivity contribution is 0.0939. The minimum absolute atomic E-state index is 0.113. The molecular formula is C25H25FN6O. The quantitative estimate of drug-likeness (QED) is 0.456. The third kappa shape index (κ3) is 4.79. The van der Waals surface area contributed by atoms with Gasteiger partial charge in [-0.1, -0.05) is 0 Å². The summed E-state index contributed by atoms with van der Waals surface area (Å²) in [5.74, 6) is -0.747. The Labute approximate surface area is 191 Å². The van der Waals surface area contributed by atoms with Gasteiger partial charge < -0.3 is 5.32 Å². The molecule has 3 aromatic heterocycles. The predicted octanol–water partition coefficient (Wildman–Crippen LogP) is 4.92. The fraction of sp³-hybridized carbons (Fsp3) is 0.240. The number of halogens is 1. The zero-order chi connectivity index (χ0) is 23.5. The van der Waals surface area contributed by atoms with Crippen molar-refractivity contribution in [3.63, 3.8) is 0 Å². The zero-order valence-electron chi connectivity index (χ0n) is 19.0. The molecule has 1 N–H and O–H groups in total. The number of carbonyl (C=O) groups is 1. The van der Waals surface area contributed by atoms with E-state index in [-0.39, 0.29) is 23.7 Å². The van der Waals surface area contributed by atoms with Crippen molar-refractivity contribution in [3.8, 4) is 22.5 Å². The highest BCUT2D eigenvalue weighted by Gasteiger charge is 2.18. The Morgan fingerprint density at radius 2 is 1.79 bits per heavy atom. The van der Waals surface area contributed by atoms with Gasteiger partial charge in [0.25, 0.3) is 5.91 Å². The number of rotatable bonds is 6. The molecule has 0 aliphatic carbocycles. The fourth-order valence-corrected chi connectivity index (χ4v) is 3.63. The number of aromatic nitrogens is 5. The molecule has 0 spiro atoms. The number of nitrogens with one attached hydrogen (secondary N) is 1. The maximum Gasteiger partial charge on any atom is 0.251 e. The van der Waals surface area contributed by atoms with Crippen molar-refractivity contribution in [1.82, 2.24) is 30.0 Å². The summed E-state index contributed by atoms with van der Waals surface area (Å²) in [5, 5.41) is 7.34. The highest BCUT2D eigenvalue weighted by molar-refractivity contribution is 5.97. The second-order valence-electron chi connectivity index (χ2n) is 8.22. The first kappa shape index (κ1) is 22.3. The van der Waals surface area contributed by atoms with Crippen LogP contribution in [0.25, 0.3) is 22.5 Å². The molecular weight excluding hydrogens is 419 g/mol. The maximum absolute atomic E-state index is 14.8. The molecule has 168 valence electrons. The Bertz CT molecular complexity index is 1290. The van der Waals surface area contributed by atoms with Crippen molar-refractivity contribution in [2.24, 2.45) is 0 Å². The van der Waals surface area contributed by atoms with Gasteiger partial charge in [0, 0.05) is 47.5 Å². The van der Waals surface area contributed by atoms with Crippen LogP contribution in [0.2, 0.25) is 0 Å². The average molecular weight is 445 g/mol. The Hall–Kier alpha value is -3.94. The summed E-state index contributed by atoms with van der Waals surface area (Å²) >= 11 is 0. The number of hydrogen-bond acceptors (Lipinski definition) is 5. The Morgan fingerprint density at radius 3 is 2.48 bits per heavy atom. The monoisotopic (exact) mass is 444 g/mol. The van der Waals surface area contributed by atoms with E-state index < -0.39 is 5.82 Å². The van der Waals surface area contributed by atoms with E-state index >= 15 is 0 Å². The van der Waals surface area contributed by atoms with Crippen LogP contribution < -0.4 is 5.32 Å². The number of carbonyl (C=O) groups excluding carboxylic acids is 1. The van der Waals surface area contributed by atoms with Crippen molar-refractivity contribution in [3.05, 3.63) is 84.0 Å². The smallest absolute Gasteiger partial charge is 0.251 e. The van der Waals surface area contributed by atoms with E-state index in [1.807, 2.05) is 37.6 Å². The van der Waals surface area contributed by atoms with Gasteiger partial charge in [-0.25, -0.2) is 4.39 Å². The average Bonchev–Trinajstić information content (AvgIpc) is 3.30. The molecule has 1 atom stereocenters. The van der Waals surface area contributed by atoms with Crippen LogP contribution >= 0.6 is 0 Å². The minimum atomic E-state index is -0.441. The van der Waals surface area contributed by atoms with Crippen LogP contribution in [0.15, 0.2) is 61.3 Å². The summed E-state index contributed by atoms with van der Waals surface area (Å²) in [6.45, 7) is 7.67. The molecule has 0 bridgehead atoms. The fourth-order valence-electron chi connectivity index (χ4n) is 3.63. The van der Waals surface area contributed by atoms with Crippen molar-refractivity contribution >= 4 is 5.91 Å². The lowest BCUT2D eigenvalue weighted by Gasteiger charge is -2.16. The van der Waals surface area contributed by atoms with E-state index in [9.17, 15) is 9.18 Å². The van der Waals surface area contributed by atoms with Crippen LogP contribution in [0.1, 0.15) is 54.5 Å². The molecule has 3 heterocycles. The summed E-state index contributed by atoms with van der Waals surface area (Å²) in [6, 6.07) is 8.34. The highest BCUT2D eigenvalue weighted by Crippen LogP contribution is 2.30. The Morgan fingerprint density at radius 1 is 1.00 bits per heavy atom. The summed E-state index contributed by atoms with van der Waals surface area (Å²) in [4.78, 5) is 25.8. The lowest BCUT2D eigenvalue weighted by atomic mass is 9.99. The van der Waals surface area contributed by atoms with Gasteiger partial charge in [0.2, 0.25) is 0 Å². The van der Waals surface area contributed by atoms with Crippen LogP contribution in [0.5, 0.6) is 0 Å². The number of benzene rings is 1. The normalized spacial score (nSPS) is 12.1. The van der Waals surface area contributed by atoms with Crippen LogP contribution in [0.4, 0.5) is 4.39 Å². The van der Waals surface area contributed by atoms with Gasteiger partial charge in [0.15, 0.2) is 0 Å². The van der Waals surface area contributed by atoms with Gasteiger partial charge in [-0.05, 0) is 63.6 Å². The number of amides is 1. The maximum atomic E-state index is 14.8. The molecule has 4 aromatic rings. The van der Waals surface area contributed by atoms with Crippen LogP contribution in [-0.4, -0.2) is 30.6 Å². The van der Waals surface area contributed by atoms with E-state index in [0.29, 0.717) is 16.8 Å². The van der Waals surface area contributed by atoms with E-state index in [0.717, 1.165) is 16.8 Å². The second kappa shape index (κ2) is 9.28. The van der Waals surface area contributed by atoms with Gasteiger partial charge in [-0.3, -0.25) is 24.4 Å². The molecule has 0 aliphatic rings. The Balaban J connectivity index is 1.79.